The van der Waals surface area contributed by atoms with Crippen molar-refractivity contribution in [3.8, 4) is 5.75 Å². The normalized spacial score (nSPS) is 19.0. The topological polar surface area (TPSA) is 70.7 Å². The Morgan fingerprint density at radius 2 is 2.04 bits per heavy atom. The van der Waals surface area contributed by atoms with Crippen molar-refractivity contribution in [3.05, 3.63) is 36.9 Å². The first-order valence-electron chi connectivity index (χ1n) is 8.57. The summed E-state index contributed by atoms with van der Waals surface area (Å²) in [5.41, 5.74) is 0.491. The first kappa shape index (κ1) is 18.8. The number of carbonyl (C=O) groups is 2. The van der Waals surface area contributed by atoms with E-state index in [9.17, 15) is 9.59 Å². The Morgan fingerprint density at radius 1 is 1.36 bits per heavy atom. The van der Waals surface area contributed by atoms with E-state index in [2.05, 4.69) is 31.1 Å². The van der Waals surface area contributed by atoms with Gasteiger partial charge in [-0.2, -0.15) is 0 Å². The van der Waals surface area contributed by atoms with Gasteiger partial charge in [-0.05, 0) is 43.7 Å². The second-order valence-electron chi connectivity index (χ2n) is 6.85. The van der Waals surface area contributed by atoms with E-state index >= 15 is 0 Å². The number of likely N-dealkylation sites (tertiary alicyclic amines) is 1. The Bertz CT molecular complexity index is 625. The van der Waals surface area contributed by atoms with Crippen LogP contribution in [0.3, 0.4) is 0 Å². The number of hydrogen-bond donors (Lipinski definition) is 2. The largest absolute Gasteiger partial charge is 0.494 e. The number of ether oxygens (including phenoxy) is 1. The molecule has 0 aromatic heterocycles. The summed E-state index contributed by atoms with van der Waals surface area (Å²) in [7, 11) is 0. The van der Waals surface area contributed by atoms with Crippen LogP contribution in [-0.4, -0.2) is 42.6 Å². The highest BCUT2D eigenvalue weighted by molar-refractivity contribution is 5.89. The Morgan fingerprint density at radius 3 is 2.60 bits per heavy atom. The molecular weight excluding hydrogens is 318 g/mol. The zero-order valence-electron chi connectivity index (χ0n) is 15.2. The van der Waals surface area contributed by atoms with Crippen molar-refractivity contribution in [1.82, 2.24) is 10.2 Å². The molecule has 0 spiro atoms. The molecule has 1 saturated heterocycles. The molecule has 6 heteroatoms. The molecule has 1 aromatic rings. The molecule has 1 heterocycles. The van der Waals surface area contributed by atoms with E-state index in [1.54, 1.807) is 17.0 Å². The summed E-state index contributed by atoms with van der Waals surface area (Å²) in [5, 5.41) is 5.87. The summed E-state index contributed by atoms with van der Waals surface area (Å²) in [5.74, 6) is 0.708. The Balaban J connectivity index is 1.91. The highest BCUT2D eigenvalue weighted by atomic mass is 16.5. The van der Waals surface area contributed by atoms with Gasteiger partial charge in [0.15, 0.2) is 0 Å². The summed E-state index contributed by atoms with van der Waals surface area (Å²) in [6.45, 7) is 11.4. The molecule has 2 N–H and O–H groups in total. The summed E-state index contributed by atoms with van der Waals surface area (Å²) in [4.78, 5) is 25.9. The fraction of sp³-hybridized carbons (Fsp3) is 0.474. The van der Waals surface area contributed by atoms with Crippen molar-refractivity contribution in [2.75, 3.05) is 25.0 Å². The zero-order chi connectivity index (χ0) is 18.4. The predicted molar refractivity (Wildman–Crippen MR) is 98.7 cm³/mol. The molecule has 3 amide bonds. The van der Waals surface area contributed by atoms with E-state index in [0.717, 1.165) is 5.75 Å². The molecule has 1 unspecified atom stereocenters. The maximum Gasteiger partial charge on any atom is 0.319 e. The lowest BCUT2D eigenvalue weighted by atomic mass is 9.79. The minimum absolute atomic E-state index is 0.0101. The van der Waals surface area contributed by atoms with Crippen molar-refractivity contribution < 1.29 is 14.3 Å². The number of piperidine rings is 1. The van der Waals surface area contributed by atoms with Gasteiger partial charge in [0.25, 0.3) is 0 Å². The van der Waals surface area contributed by atoms with E-state index in [4.69, 9.17) is 4.74 Å². The average molecular weight is 345 g/mol. The lowest BCUT2D eigenvalue weighted by molar-refractivity contribution is -0.129. The third kappa shape index (κ3) is 4.98. The predicted octanol–water partition coefficient (Wildman–Crippen LogP) is 3.02. The monoisotopic (exact) mass is 345 g/mol. The number of nitrogens with one attached hydrogen (secondary N) is 2. The van der Waals surface area contributed by atoms with Crippen LogP contribution in [0.1, 0.15) is 27.2 Å². The summed E-state index contributed by atoms with van der Waals surface area (Å²) in [6, 6.07) is 7.00. The molecule has 6 nitrogen and oxygen atoms in total. The van der Waals surface area contributed by atoms with E-state index in [0.29, 0.717) is 31.8 Å². The lowest BCUT2D eigenvalue weighted by Crippen LogP contribution is -2.57. The molecule has 25 heavy (non-hydrogen) atoms. The highest BCUT2D eigenvalue weighted by Crippen LogP contribution is 2.29. The molecular formula is C19H27N3O3. The molecule has 1 aromatic carbocycles. The van der Waals surface area contributed by atoms with Gasteiger partial charge in [0.1, 0.15) is 5.75 Å². The summed E-state index contributed by atoms with van der Waals surface area (Å²) >= 11 is 0. The third-order valence-electron chi connectivity index (χ3n) is 4.44. The van der Waals surface area contributed by atoms with E-state index in [-0.39, 0.29) is 23.4 Å². The van der Waals surface area contributed by atoms with Gasteiger partial charge in [0, 0.05) is 30.2 Å². The van der Waals surface area contributed by atoms with E-state index < -0.39 is 0 Å². The number of nitrogens with zero attached hydrogens (tertiary/aromatic N) is 1. The van der Waals surface area contributed by atoms with Crippen LogP contribution in [0.25, 0.3) is 0 Å². The van der Waals surface area contributed by atoms with Gasteiger partial charge in [-0.1, -0.05) is 20.4 Å². The average Bonchev–Trinajstić information content (AvgIpc) is 2.57. The van der Waals surface area contributed by atoms with Crippen molar-refractivity contribution in [2.45, 2.75) is 33.2 Å². The molecule has 1 atom stereocenters. The Hall–Kier alpha value is -2.50. The molecule has 0 saturated carbocycles. The van der Waals surface area contributed by atoms with Crippen LogP contribution >= 0.6 is 0 Å². The molecule has 0 bridgehead atoms. The van der Waals surface area contributed by atoms with Crippen molar-refractivity contribution in [3.63, 3.8) is 0 Å². The number of benzene rings is 1. The molecule has 1 aliphatic rings. The number of anilines is 1. The van der Waals surface area contributed by atoms with Gasteiger partial charge in [0.2, 0.25) is 5.91 Å². The van der Waals surface area contributed by atoms with Crippen LogP contribution in [0.5, 0.6) is 5.75 Å². The minimum Gasteiger partial charge on any atom is -0.494 e. The fourth-order valence-electron chi connectivity index (χ4n) is 3.07. The van der Waals surface area contributed by atoms with Gasteiger partial charge in [-0.25, -0.2) is 4.79 Å². The second-order valence-corrected chi connectivity index (χ2v) is 6.85. The van der Waals surface area contributed by atoms with Gasteiger partial charge < -0.3 is 20.3 Å². The third-order valence-corrected chi connectivity index (χ3v) is 4.44. The molecule has 0 radical (unpaired) electrons. The highest BCUT2D eigenvalue weighted by Gasteiger charge is 2.37. The number of amides is 3. The maximum atomic E-state index is 12.3. The molecule has 1 aliphatic heterocycles. The van der Waals surface area contributed by atoms with Gasteiger partial charge in [-0.15, -0.1) is 0 Å². The SMILES string of the molecule is C=CC(=O)N1CCC(NC(=O)Nc2ccc(OCC)cc2)C(C)(C)C1. The fourth-order valence-corrected chi connectivity index (χ4v) is 3.07. The molecule has 0 aliphatic carbocycles. The zero-order valence-corrected chi connectivity index (χ0v) is 15.2. The first-order chi connectivity index (χ1) is 11.9. The van der Waals surface area contributed by atoms with Crippen LogP contribution < -0.4 is 15.4 Å². The van der Waals surface area contributed by atoms with Crippen molar-refractivity contribution in [1.29, 1.82) is 0 Å². The van der Waals surface area contributed by atoms with Crippen LogP contribution in [0.15, 0.2) is 36.9 Å². The van der Waals surface area contributed by atoms with Crippen LogP contribution in [0.2, 0.25) is 0 Å². The van der Waals surface area contributed by atoms with E-state index in [1.807, 2.05) is 19.1 Å². The maximum absolute atomic E-state index is 12.3. The Labute approximate surface area is 149 Å². The standard InChI is InChI=1S/C19H27N3O3/c1-5-17(23)22-12-11-16(19(3,4)13-22)21-18(24)20-14-7-9-15(10-8-14)25-6-2/h5,7-10,16H,1,6,11-13H2,2-4H3,(H2,20,21,24). The minimum atomic E-state index is -0.245. The van der Waals surface area contributed by atoms with Gasteiger partial charge in [-0.3, -0.25) is 4.79 Å². The summed E-state index contributed by atoms with van der Waals surface area (Å²) in [6.07, 6.45) is 2.05. The van der Waals surface area contributed by atoms with Crippen molar-refractivity contribution >= 4 is 17.6 Å². The Kier molecular flexibility index (Phi) is 6.07. The second kappa shape index (κ2) is 8.05. The molecule has 136 valence electrons. The number of urea groups is 1. The smallest absolute Gasteiger partial charge is 0.319 e. The molecule has 1 fully saturated rings. The number of rotatable bonds is 5. The van der Waals surface area contributed by atoms with Crippen molar-refractivity contribution in [2.24, 2.45) is 5.41 Å². The quantitative estimate of drug-likeness (QED) is 0.806. The van der Waals surface area contributed by atoms with Crippen LogP contribution in [0.4, 0.5) is 10.5 Å². The van der Waals surface area contributed by atoms with Gasteiger partial charge in [0.05, 0.1) is 6.61 Å². The lowest BCUT2D eigenvalue weighted by Gasteiger charge is -2.44. The number of hydrogen-bond acceptors (Lipinski definition) is 3. The van der Waals surface area contributed by atoms with Gasteiger partial charge >= 0.3 is 6.03 Å². The number of carbonyl (C=O) groups excluding carboxylic acids is 2. The first-order valence-corrected chi connectivity index (χ1v) is 8.57. The molecule has 2 rings (SSSR count). The van der Waals surface area contributed by atoms with E-state index in [1.165, 1.54) is 6.08 Å². The van der Waals surface area contributed by atoms with Crippen LogP contribution in [-0.2, 0) is 4.79 Å². The summed E-state index contributed by atoms with van der Waals surface area (Å²) < 4.78 is 5.39. The van der Waals surface area contributed by atoms with Crippen LogP contribution in [0, 0.1) is 5.41 Å².